The molecule has 2 fully saturated rings. The quantitative estimate of drug-likeness (QED) is 0.839. The summed E-state index contributed by atoms with van der Waals surface area (Å²) < 4.78 is 10.5. The van der Waals surface area contributed by atoms with Crippen molar-refractivity contribution in [2.45, 2.75) is 43.9 Å². The van der Waals surface area contributed by atoms with Crippen molar-refractivity contribution < 1.29 is 14.1 Å². The summed E-state index contributed by atoms with van der Waals surface area (Å²) in [7, 11) is 1.52. The van der Waals surface area contributed by atoms with Crippen LogP contribution >= 0.6 is 0 Å². The Morgan fingerprint density at radius 3 is 2.68 bits per heavy atom. The van der Waals surface area contributed by atoms with Crippen LogP contribution in [0.25, 0.3) is 0 Å². The van der Waals surface area contributed by atoms with Crippen LogP contribution in [0.4, 0.5) is 0 Å². The molecule has 0 unspecified atom stereocenters. The molecule has 1 saturated heterocycles. The maximum absolute atomic E-state index is 12.6. The van der Waals surface area contributed by atoms with Gasteiger partial charge >= 0.3 is 0 Å². The van der Waals surface area contributed by atoms with Gasteiger partial charge in [0.05, 0.1) is 7.11 Å². The molecule has 0 spiro atoms. The van der Waals surface area contributed by atoms with Gasteiger partial charge in [0.25, 0.3) is 5.91 Å². The molecule has 0 radical (unpaired) electrons. The summed E-state index contributed by atoms with van der Waals surface area (Å²) >= 11 is 0. The van der Waals surface area contributed by atoms with Gasteiger partial charge in [0.1, 0.15) is 12.0 Å². The normalized spacial score (nSPS) is 18.8. The summed E-state index contributed by atoms with van der Waals surface area (Å²) in [6.07, 6.45) is 6.56. The van der Waals surface area contributed by atoms with Crippen LogP contribution in [0.2, 0.25) is 0 Å². The molecule has 2 aromatic heterocycles. The summed E-state index contributed by atoms with van der Waals surface area (Å²) in [5.41, 5.74) is 0.357. The maximum Gasteiger partial charge on any atom is 0.272 e. The number of amides is 1. The zero-order chi connectivity index (χ0) is 17.2. The molecular weight excluding hydrogens is 322 g/mol. The van der Waals surface area contributed by atoms with Gasteiger partial charge in [-0.2, -0.15) is 4.98 Å². The van der Waals surface area contributed by atoms with Crippen LogP contribution in [-0.2, 0) is 0 Å². The Balaban J connectivity index is 1.37. The van der Waals surface area contributed by atoms with E-state index in [1.54, 1.807) is 6.07 Å². The van der Waals surface area contributed by atoms with Crippen molar-refractivity contribution >= 4 is 5.91 Å². The van der Waals surface area contributed by atoms with Gasteiger partial charge < -0.3 is 14.2 Å². The van der Waals surface area contributed by atoms with Gasteiger partial charge in [-0.1, -0.05) is 11.6 Å². The van der Waals surface area contributed by atoms with E-state index in [2.05, 4.69) is 20.1 Å². The summed E-state index contributed by atoms with van der Waals surface area (Å²) in [5, 5.41) is 4.14. The van der Waals surface area contributed by atoms with E-state index < -0.39 is 0 Å². The van der Waals surface area contributed by atoms with E-state index >= 15 is 0 Å². The summed E-state index contributed by atoms with van der Waals surface area (Å²) in [4.78, 5) is 27.0. The minimum absolute atomic E-state index is 0.0974. The molecule has 1 saturated carbocycles. The van der Waals surface area contributed by atoms with Crippen molar-refractivity contribution in [2.75, 3.05) is 20.2 Å². The number of ether oxygens (including phenoxy) is 1. The molecule has 0 atom stereocenters. The Hall–Kier alpha value is -2.51. The van der Waals surface area contributed by atoms with E-state index in [0.29, 0.717) is 30.6 Å². The first-order valence-corrected chi connectivity index (χ1v) is 8.73. The monoisotopic (exact) mass is 343 g/mol. The Bertz CT molecular complexity index is 750. The lowest BCUT2D eigenvalue weighted by Gasteiger charge is -2.30. The van der Waals surface area contributed by atoms with Gasteiger partial charge in [-0.05, 0) is 25.7 Å². The number of methoxy groups -OCH3 is 1. The molecule has 1 amide bonds. The number of carbonyl (C=O) groups is 1. The molecule has 25 heavy (non-hydrogen) atoms. The standard InChI is InChI=1S/C17H21N5O3/c1-24-14-9-13(18-10-19-14)17(23)22-7-5-12(6-8-22)16-20-15(21-25-16)11-3-2-4-11/h9-12H,2-8H2,1H3. The van der Waals surface area contributed by atoms with Gasteiger partial charge in [0, 0.05) is 31.0 Å². The van der Waals surface area contributed by atoms with Crippen LogP contribution < -0.4 is 4.74 Å². The van der Waals surface area contributed by atoms with Crippen LogP contribution in [0.3, 0.4) is 0 Å². The van der Waals surface area contributed by atoms with Crippen molar-refractivity contribution in [1.29, 1.82) is 0 Å². The number of piperidine rings is 1. The van der Waals surface area contributed by atoms with Crippen LogP contribution in [0.15, 0.2) is 16.9 Å². The topological polar surface area (TPSA) is 94.2 Å². The SMILES string of the molecule is COc1cc(C(=O)N2CCC(c3nc(C4CCC4)no3)CC2)ncn1. The fourth-order valence-electron chi connectivity index (χ4n) is 3.30. The Morgan fingerprint density at radius 2 is 2.00 bits per heavy atom. The first kappa shape index (κ1) is 16.0. The van der Waals surface area contributed by atoms with Crippen molar-refractivity contribution in [3.8, 4) is 5.88 Å². The molecule has 3 heterocycles. The Labute approximate surface area is 145 Å². The largest absolute Gasteiger partial charge is 0.481 e. The van der Waals surface area contributed by atoms with E-state index in [1.165, 1.54) is 19.9 Å². The number of carbonyl (C=O) groups excluding carboxylic acids is 1. The van der Waals surface area contributed by atoms with Crippen LogP contribution in [0, 0.1) is 0 Å². The average molecular weight is 343 g/mol. The fourth-order valence-corrected chi connectivity index (χ4v) is 3.30. The van der Waals surface area contributed by atoms with Gasteiger partial charge in [-0.25, -0.2) is 9.97 Å². The lowest BCUT2D eigenvalue weighted by molar-refractivity contribution is 0.0698. The highest BCUT2D eigenvalue weighted by Crippen LogP contribution is 2.36. The second kappa shape index (κ2) is 6.78. The first-order valence-electron chi connectivity index (χ1n) is 8.73. The molecule has 8 heteroatoms. The summed E-state index contributed by atoms with van der Waals surface area (Å²) in [5.74, 6) is 2.57. The highest BCUT2D eigenvalue weighted by atomic mass is 16.5. The lowest BCUT2D eigenvalue weighted by Crippen LogP contribution is -2.38. The summed E-state index contributed by atoms with van der Waals surface area (Å²) in [6, 6.07) is 1.57. The van der Waals surface area contributed by atoms with Gasteiger partial charge in [0.2, 0.25) is 11.8 Å². The Morgan fingerprint density at radius 1 is 1.20 bits per heavy atom. The number of hydrogen-bond acceptors (Lipinski definition) is 7. The lowest BCUT2D eigenvalue weighted by atomic mass is 9.85. The van der Waals surface area contributed by atoms with Gasteiger partial charge in [-0.3, -0.25) is 4.79 Å². The molecule has 0 N–H and O–H groups in total. The third-order valence-corrected chi connectivity index (χ3v) is 5.13. The average Bonchev–Trinajstić information content (AvgIpc) is 3.09. The highest BCUT2D eigenvalue weighted by molar-refractivity contribution is 5.92. The molecule has 2 aromatic rings. The number of hydrogen-bond donors (Lipinski definition) is 0. The van der Waals surface area contributed by atoms with E-state index in [9.17, 15) is 4.79 Å². The predicted octanol–water partition coefficient (Wildman–Crippen LogP) is 2.16. The molecule has 8 nitrogen and oxygen atoms in total. The molecule has 0 aromatic carbocycles. The zero-order valence-electron chi connectivity index (χ0n) is 14.2. The third-order valence-electron chi connectivity index (χ3n) is 5.13. The number of nitrogens with zero attached hydrogens (tertiary/aromatic N) is 5. The van der Waals surface area contributed by atoms with Crippen molar-refractivity contribution in [3.05, 3.63) is 29.8 Å². The minimum atomic E-state index is -0.0974. The summed E-state index contributed by atoms with van der Waals surface area (Å²) in [6.45, 7) is 1.30. The second-order valence-corrected chi connectivity index (χ2v) is 6.63. The first-order chi connectivity index (χ1) is 12.2. The number of aromatic nitrogens is 4. The molecule has 1 aliphatic carbocycles. The number of rotatable bonds is 4. The Kier molecular flexibility index (Phi) is 4.33. The third kappa shape index (κ3) is 3.20. The van der Waals surface area contributed by atoms with Crippen LogP contribution in [-0.4, -0.2) is 51.1 Å². The molecule has 2 aliphatic rings. The van der Waals surface area contributed by atoms with E-state index in [-0.39, 0.29) is 11.8 Å². The maximum atomic E-state index is 12.6. The van der Waals surface area contributed by atoms with E-state index in [0.717, 1.165) is 37.4 Å². The molecular formula is C17H21N5O3. The fraction of sp³-hybridized carbons (Fsp3) is 0.588. The van der Waals surface area contributed by atoms with Crippen molar-refractivity contribution in [1.82, 2.24) is 25.0 Å². The number of likely N-dealkylation sites (tertiary alicyclic amines) is 1. The van der Waals surface area contributed by atoms with Crippen LogP contribution in [0.1, 0.15) is 66.1 Å². The van der Waals surface area contributed by atoms with E-state index in [4.69, 9.17) is 9.26 Å². The van der Waals surface area contributed by atoms with Crippen molar-refractivity contribution in [3.63, 3.8) is 0 Å². The van der Waals surface area contributed by atoms with Crippen LogP contribution in [0.5, 0.6) is 5.88 Å². The molecule has 132 valence electrons. The smallest absolute Gasteiger partial charge is 0.272 e. The predicted molar refractivity (Wildman–Crippen MR) is 87.4 cm³/mol. The molecule has 1 aliphatic heterocycles. The second-order valence-electron chi connectivity index (χ2n) is 6.63. The minimum Gasteiger partial charge on any atom is -0.481 e. The zero-order valence-corrected chi connectivity index (χ0v) is 14.2. The van der Waals surface area contributed by atoms with Gasteiger partial charge in [-0.15, -0.1) is 0 Å². The van der Waals surface area contributed by atoms with Gasteiger partial charge in [0.15, 0.2) is 5.82 Å². The molecule has 4 rings (SSSR count). The highest BCUT2D eigenvalue weighted by Gasteiger charge is 2.30. The van der Waals surface area contributed by atoms with E-state index in [1.807, 2.05) is 4.90 Å². The van der Waals surface area contributed by atoms with Crippen molar-refractivity contribution in [2.24, 2.45) is 0 Å². The molecule has 0 bridgehead atoms.